The van der Waals surface area contributed by atoms with Gasteiger partial charge >= 0.3 is 0 Å². The molecule has 1 N–H and O–H groups in total. The summed E-state index contributed by atoms with van der Waals surface area (Å²) in [7, 11) is 3.99. The van der Waals surface area contributed by atoms with Gasteiger partial charge in [-0.3, -0.25) is 0 Å². The highest BCUT2D eigenvalue weighted by Crippen LogP contribution is 2.26. The van der Waals surface area contributed by atoms with E-state index in [4.69, 9.17) is 4.74 Å². The summed E-state index contributed by atoms with van der Waals surface area (Å²) < 4.78 is 5.99. The van der Waals surface area contributed by atoms with Crippen LogP contribution in [-0.4, -0.2) is 25.3 Å². The SMILES string of the molecule is CCC(Oc1cccc(N(C)C)c1)C(O)c1ccccc1. The number of anilines is 1. The molecule has 0 bridgehead atoms. The summed E-state index contributed by atoms with van der Waals surface area (Å²) >= 11 is 0. The van der Waals surface area contributed by atoms with Crippen molar-refractivity contribution < 1.29 is 9.84 Å². The average molecular weight is 285 g/mol. The van der Waals surface area contributed by atoms with Crippen LogP contribution in [0, 0.1) is 0 Å². The lowest BCUT2D eigenvalue weighted by Gasteiger charge is -2.24. The summed E-state index contributed by atoms with van der Waals surface area (Å²) in [4.78, 5) is 2.03. The molecule has 0 amide bonds. The van der Waals surface area contributed by atoms with Gasteiger partial charge < -0.3 is 14.7 Å². The van der Waals surface area contributed by atoms with Crippen molar-refractivity contribution in [3.05, 3.63) is 60.2 Å². The van der Waals surface area contributed by atoms with Gasteiger partial charge in [-0.25, -0.2) is 0 Å². The number of nitrogens with zero attached hydrogens (tertiary/aromatic N) is 1. The van der Waals surface area contributed by atoms with Crippen LogP contribution in [0.1, 0.15) is 25.0 Å². The van der Waals surface area contributed by atoms with Gasteiger partial charge in [0.15, 0.2) is 0 Å². The van der Waals surface area contributed by atoms with Crippen molar-refractivity contribution in [1.29, 1.82) is 0 Å². The highest BCUT2D eigenvalue weighted by atomic mass is 16.5. The van der Waals surface area contributed by atoms with E-state index in [1.54, 1.807) is 0 Å². The summed E-state index contributed by atoms with van der Waals surface area (Å²) in [6, 6.07) is 17.6. The predicted octanol–water partition coefficient (Wildman–Crippen LogP) is 3.64. The average Bonchev–Trinajstić information content (AvgIpc) is 2.53. The Morgan fingerprint density at radius 1 is 1.05 bits per heavy atom. The van der Waals surface area contributed by atoms with Crippen molar-refractivity contribution in [2.24, 2.45) is 0 Å². The molecule has 0 radical (unpaired) electrons. The Labute approximate surface area is 126 Å². The van der Waals surface area contributed by atoms with Crippen LogP contribution >= 0.6 is 0 Å². The standard InChI is InChI=1S/C18H23NO2/c1-4-17(18(20)14-9-6-5-7-10-14)21-16-12-8-11-15(13-16)19(2)3/h5-13,17-18,20H,4H2,1-3H3. The third-order valence-corrected chi connectivity index (χ3v) is 3.52. The fourth-order valence-corrected chi connectivity index (χ4v) is 2.25. The molecule has 2 aromatic carbocycles. The molecule has 0 spiro atoms. The Morgan fingerprint density at radius 3 is 2.38 bits per heavy atom. The molecule has 0 aliphatic heterocycles. The molecule has 0 aliphatic carbocycles. The Morgan fingerprint density at radius 2 is 1.76 bits per heavy atom. The van der Waals surface area contributed by atoms with Crippen LogP contribution in [0.2, 0.25) is 0 Å². The van der Waals surface area contributed by atoms with E-state index in [-0.39, 0.29) is 6.10 Å². The van der Waals surface area contributed by atoms with Crippen LogP contribution < -0.4 is 9.64 Å². The maximum absolute atomic E-state index is 10.5. The van der Waals surface area contributed by atoms with Gasteiger partial charge in [-0.05, 0) is 24.1 Å². The number of benzene rings is 2. The molecule has 0 saturated carbocycles. The first-order chi connectivity index (χ1) is 10.1. The van der Waals surface area contributed by atoms with Gasteiger partial charge in [-0.15, -0.1) is 0 Å². The van der Waals surface area contributed by atoms with E-state index in [1.165, 1.54) is 0 Å². The van der Waals surface area contributed by atoms with E-state index >= 15 is 0 Å². The molecule has 3 heteroatoms. The lowest BCUT2D eigenvalue weighted by atomic mass is 10.0. The number of aliphatic hydroxyl groups is 1. The molecule has 21 heavy (non-hydrogen) atoms. The maximum atomic E-state index is 10.5. The van der Waals surface area contributed by atoms with E-state index in [9.17, 15) is 5.11 Å². The molecule has 112 valence electrons. The van der Waals surface area contributed by atoms with Crippen LogP contribution in [-0.2, 0) is 0 Å². The quantitative estimate of drug-likeness (QED) is 0.879. The van der Waals surface area contributed by atoms with Crippen LogP contribution in [0.5, 0.6) is 5.75 Å². The zero-order valence-electron chi connectivity index (χ0n) is 12.9. The highest BCUT2D eigenvalue weighted by molar-refractivity contribution is 5.49. The van der Waals surface area contributed by atoms with Crippen LogP contribution in [0.3, 0.4) is 0 Å². The van der Waals surface area contributed by atoms with E-state index in [1.807, 2.05) is 80.5 Å². The Balaban J connectivity index is 2.14. The van der Waals surface area contributed by atoms with Crippen molar-refractivity contribution in [2.45, 2.75) is 25.6 Å². The third kappa shape index (κ3) is 3.99. The van der Waals surface area contributed by atoms with Crippen molar-refractivity contribution >= 4 is 5.69 Å². The summed E-state index contributed by atoms with van der Waals surface area (Å²) in [5.41, 5.74) is 1.96. The zero-order chi connectivity index (χ0) is 15.2. The summed E-state index contributed by atoms with van der Waals surface area (Å²) in [5, 5.41) is 10.5. The van der Waals surface area contributed by atoms with Crippen molar-refractivity contribution in [3.8, 4) is 5.75 Å². The van der Waals surface area contributed by atoms with Crippen molar-refractivity contribution in [2.75, 3.05) is 19.0 Å². The molecule has 0 aromatic heterocycles. The summed E-state index contributed by atoms with van der Waals surface area (Å²) in [6.45, 7) is 2.02. The number of hydrogen-bond acceptors (Lipinski definition) is 3. The molecule has 2 aromatic rings. The zero-order valence-corrected chi connectivity index (χ0v) is 12.9. The lowest BCUT2D eigenvalue weighted by Crippen LogP contribution is -2.24. The maximum Gasteiger partial charge on any atom is 0.128 e. The van der Waals surface area contributed by atoms with E-state index in [2.05, 4.69) is 0 Å². The van der Waals surface area contributed by atoms with Gasteiger partial charge in [-0.2, -0.15) is 0 Å². The number of rotatable bonds is 6. The number of aliphatic hydroxyl groups excluding tert-OH is 1. The van der Waals surface area contributed by atoms with Crippen molar-refractivity contribution in [3.63, 3.8) is 0 Å². The number of hydrogen-bond donors (Lipinski definition) is 1. The minimum Gasteiger partial charge on any atom is -0.487 e. The molecular formula is C18H23NO2. The summed E-state index contributed by atoms with van der Waals surface area (Å²) in [6.07, 6.45) is -0.147. The molecule has 0 fully saturated rings. The van der Waals surface area contributed by atoms with Crippen LogP contribution in [0.4, 0.5) is 5.69 Å². The second-order valence-corrected chi connectivity index (χ2v) is 5.31. The molecule has 3 nitrogen and oxygen atoms in total. The third-order valence-electron chi connectivity index (χ3n) is 3.52. The van der Waals surface area contributed by atoms with Gasteiger partial charge in [0.1, 0.15) is 18.0 Å². The fourth-order valence-electron chi connectivity index (χ4n) is 2.25. The van der Waals surface area contributed by atoms with Gasteiger partial charge in [0.05, 0.1) is 0 Å². The van der Waals surface area contributed by atoms with Gasteiger partial charge in [0.2, 0.25) is 0 Å². The Kier molecular flexibility index (Phi) is 5.23. The largest absolute Gasteiger partial charge is 0.487 e. The first-order valence-electron chi connectivity index (χ1n) is 7.29. The van der Waals surface area contributed by atoms with Gasteiger partial charge in [0, 0.05) is 25.8 Å². The first kappa shape index (κ1) is 15.4. The van der Waals surface area contributed by atoms with Crippen LogP contribution in [0.15, 0.2) is 54.6 Å². The molecule has 2 unspecified atom stereocenters. The second kappa shape index (κ2) is 7.14. The normalized spacial score (nSPS) is 13.5. The molecule has 0 aliphatic rings. The lowest BCUT2D eigenvalue weighted by molar-refractivity contribution is 0.0332. The number of ether oxygens (including phenoxy) is 1. The molecule has 2 rings (SSSR count). The Bertz CT molecular complexity index is 554. The van der Waals surface area contributed by atoms with E-state index in [0.717, 1.165) is 23.4 Å². The Hall–Kier alpha value is -2.00. The minimum atomic E-state index is -0.626. The topological polar surface area (TPSA) is 32.7 Å². The fraction of sp³-hybridized carbons (Fsp3) is 0.333. The monoisotopic (exact) mass is 285 g/mol. The molecular weight excluding hydrogens is 262 g/mol. The van der Waals surface area contributed by atoms with Gasteiger partial charge in [-0.1, -0.05) is 43.3 Å². The smallest absolute Gasteiger partial charge is 0.128 e. The summed E-state index contributed by atoms with van der Waals surface area (Å²) in [5.74, 6) is 0.781. The van der Waals surface area contributed by atoms with E-state index < -0.39 is 6.10 Å². The van der Waals surface area contributed by atoms with Gasteiger partial charge in [0.25, 0.3) is 0 Å². The van der Waals surface area contributed by atoms with Crippen LogP contribution in [0.25, 0.3) is 0 Å². The van der Waals surface area contributed by atoms with E-state index in [0.29, 0.717) is 0 Å². The predicted molar refractivity (Wildman–Crippen MR) is 86.9 cm³/mol. The molecule has 0 heterocycles. The second-order valence-electron chi connectivity index (χ2n) is 5.31. The molecule has 0 saturated heterocycles. The molecule has 2 atom stereocenters. The highest BCUT2D eigenvalue weighted by Gasteiger charge is 2.21. The minimum absolute atomic E-state index is 0.259. The first-order valence-corrected chi connectivity index (χ1v) is 7.29. The van der Waals surface area contributed by atoms with Crippen molar-refractivity contribution in [1.82, 2.24) is 0 Å².